The minimum absolute atomic E-state index is 0.136. The Morgan fingerprint density at radius 1 is 1.27 bits per heavy atom. The van der Waals surface area contributed by atoms with E-state index in [4.69, 9.17) is 4.74 Å². The summed E-state index contributed by atoms with van der Waals surface area (Å²) in [5, 5.41) is 3.13. The van der Waals surface area contributed by atoms with Gasteiger partial charge in [-0.15, -0.1) is 0 Å². The van der Waals surface area contributed by atoms with Crippen LogP contribution in [0.4, 0.5) is 13.2 Å². The third kappa shape index (κ3) is 4.32. The predicted molar refractivity (Wildman–Crippen MR) is 76.4 cm³/mol. The maximum atomic E-state index is 13.0. The molecule has 0 aliphatic rings. The minimum atomic E-state index is -4.35. The van der Waals surface area contributed by atoms with Gasteiger partial charge in [-0.3, -0.25) is 0 Å². The summed E-state index contributed by atoms with van der Waals surface area (Å²) >= 11 is 0. The molecule has 0 saturated carbocycles. The molecule has 1 aromatic carbocycles. The Morgan fingerprint density at radius 3 is 2.77 bits per heavy atom. The molecule has 120 valence electrons. The van der Waals surface area contributed by atoms with E-state index in [0.717, 1.165) is 6.07 Å². The van der Waals surface area contributed by atoms with Gasteiger partial charge in [0, 0.05) is 32.6 Å². The molecule has 0 amide bonds. The molecule has 2 aromatic rings. The van der Waals surface area contributed by atoms with Gasteiger partial charge in [0.1, 0.15) is 5.82 Å². The van der Waals surface area contributed by atoms with Crippen molar-refractivity contribution in [2.75, 3.05) is 20.3 Å². The number of alkyl halides is 3. The first-order valence-corrected chi connectivity index (χ1v) is 6.87. The minimum Gasteiger partial charge on any atom is -0.383 e. The van der Waals surface area contributed by atoms with E-state index in [1.807, 2.05) is 0 Å². The van der Waals surface area contributed by atoms with Crippen LogP contribution in [0.5, 0.6) is 0 Å². The van der Waals surface area contributed by atoms with Crippen molar-refractivity contribution in [3.05, 3.63) is 53.6 Å². The number of hydrogen-bond donors (Lipinski definition) is 1. The van der Waals surface area contributed by atoms with Crippen LogP contribution in [0.25, 0.3) is 0 Å². The third-order valence-corrected chi connectivity index (χ3v) is 3.23. The maximum absolute atomic E-state index is 13.0. The highest BCUT2D eigenvalue weighted by atomic mass is 19.4. The van der Waals surface area contributed by atoms with E-state index in [1.165, 1.54) is 12.1 Å². The molecule has 1 heterocycles. The predicted octanol–water partition coefficient (Wildman–Crippen LogP) is 2.69. The SMILES string of the molecule is COCCNCc1nccn1Cc1ccccc1C(F)(F)F. The Bertz CT molecular complexity index is 596. The summed E-state index contributed by atoms with van der Waals surface area (Å²) in [6, 6.07) is 5.60. The van der Waals surface area contributed by atoms with E-state index >= 15 is 0 Å². The normalized spacial score (nSPS) is 11.8. The lowest BCUT2D eigenvalue weighted by Crippen LogP contribution is -2.21. The molecule has 0 unspecified atom stereocenters. The Hall–Kier alpha value is -1.86. The van der Waals surface area contributed by atoms with Crippen LogP contribution in [0.3, 0.4) is 0 Å². The van der Waals surface area contributed by atoms with Gasteiger partial charge >= 0.3 is 6.18 Å². The molecular weight excluding hydrogens is 295 g/mol. The average Bonchev–Trinajstić information content (AvgIpc) is 2.90. The molecule has 0 aliphatic carbocycles. The first-order valence-electron chi connectivity index (χ1n) is 6.87. The van der Waals surface area contributed by atoms with Crippen molar-refractivity contribution in [1.29, 1.82) is 0 Å². The second-order valence-corrected chi connectivity index (χ2v) is 4.80. The number of benzene rings is 1. The summed E-state index contributed by atoms with van der Waals surface area (Å²) in [5.74, 6) is 0.688. The lowest BCUT2D eigenvalue weighted by molar-refractivity contribution is -0.138. The highest BCUT2D eigenvalue weighted by Crippen LogP contribution is 2.32. The number of nitrogens with one attached hydrogen (secondary N) is 1. The number of ether oxygens (including phenoxy) is 1. The zero-order valence-electron chi connectivity index (χ0n) is 12.2. The van der Waals surface area contributed by atoms with Crippen LogP contribution >= 0.6 is 0 Å². The van der Waals surface area contributed by atoms with Crippen LogP contribution in [0.1, 0.15) is 17.0 Å². The summed E-state index contributed by atoms with van der Waals surface area (Å²) in [4.78, 5) is 4.18. The van der Waals surface area contributed by atoms with Gasteiger partial charge in [-0.1, -0.05) is 18.2 Å². The molecule has 0 bridgehead atoms. The molecule has 0 atom stereocenters. The summed E-state index contributed by atoms with van der Waals surface area (Å²) in [7, 11) is 1.61. The fourth-order valence-electron chi connectivity index (χ4n) is 2.14. The van der Waals surface area contributed by atoms with Crippen molar-refractivity contribution >= 4 is 0 Å². The molecule has 22 heavy (non-hydrogen) atoms. The number of nitrogens with zero attached hydrogens (tertiary/aromatic N) is 2. The van der Waals surface area contributed by atoms with Crippen molar-refractivity contribution < 1.29 is 17.9 Å². The van der Waals surface area contributed by atoms with E-state index in [-0.39, 0.29) is 12.1 Å². The Labute approximate surface area is 126 Å². The molecule has 4 nitrogen and oxygen atoms in total. The number of imidazole rings is 1. The summed E-state index contributed by atoms with van der Waals surface area (Å²) in [5.41, 5.74) is -0.381. The summed E-state index contributed by atoms with van der Waals surface area (Å²) in [6.45, 7) is 1.83. The van der Waals surface area contributed by atoms with Crippen LogP contribution in [0.15, 0.2) is 36.7 Å². The van der Waals surface area contributed by atoms with Gasteiger partial charge in [0.25, 0.3) is 0 Å². The second kappa shape index (κ2) is 7.42. The van der Waals surface area contributed by atoms with Crippen molar-refractivity contribution in [1.82, 2.24) is 14.9 Å². The first kappa shape index (κ1) is 16.5. The third-order valence-electron chi connectivity index (χ3n) is 3.23. The highest BCUT2D eigenvalue weighted by molar-refractivity contribution is 5.30. The number of hydrogen-bond acceptors (Lipinski definition) is 3. The van der Waals surface area contributed by atoms with Crippen LogP contribution in [-0.2, 0) is 24.0 Å². The smallest absolute Gasteiger partial charge is 0.383 e. The van der Waals surface area contributed by atoms with Crippen LogP contribution < -0.4 is 5.32 Å². The van der Waals surface area contributed by atoms with Crippen molar-refractivity contribution in [3.8, 4) is 0 Å². The molecule has 1 aromatic heterocycles. The molecule has 0 radical (unpaired) electrons. The molecule has 0 fully saturated rings. The summed E-state index contributed by atoms with van der Waals surface area (Å²) < 4.78 is 45.7. The van der Waals surface area contributed by atoms with Gasteiger partial charge < -0.3 is 14.6 Å². The molecule has 1 N–H and O–H groups in total. The molecule has 0 saturated heterocycles. The lowest BCUT2D eigenvalue weighted by atomic mass is 10.1. The van der Waals surface area contributed by atoms with Gasteiger partial charge in [-0.2, -0.15) is 13.2 Å². The fourth-order valence-corrected chi connectivity index (χ4v) is 2.14. The Morgan fingerprint density at radius 2 is 2.05 bits per heavy atom. The van der Waals surface area contributed by atoms with E-state index in [9.17, 15) is 13.2 Å². The Kier molecular flexibility index (Phi) is 5.57. The topological polar surface area (TPSA) is 39.1 Å². The molecular formula is C15H18F3N3O. The number of aromatic nitrogens is 2. The number of halogens is 3. The lowest BCUT2D eigenvalue weighted by Gasteiger charge is -2.14. The fraction of sp³-hybridized carbons (Fsp3) is 0.400. The van der Waals surface area contributed by atoms with E-state index in [0.29, 0.717) is 25.5 Å². The van der Waals surface area contributed by atoms with Crippen molar-refractivity contribution in [3.63, 3.8) is 0 Å². The van der Waals surface area contributed by atoms with E-state index in [2.05, 4.69) is 10.3 Å². The highest BCUT2D eigenvalue weighted by Gasteiger charge is 2.32. The number of rotatable bonds is 7. The van der Waals surface area contributed by atoms with Crippen molar-refractivity contribution in [2.45, 2.75) is 19.3 Å². The van der Waals surface area contributed by atoms with Crippen LogP contribution in [0, 0.1) is 0 Å². The zero-order valence-corrected chi connectivity index (χ0v) is 12.2. The van der Waals surface area contributed by atoms with Crippen molar-refractivity contribution in [2.24, 2.45) is 0 Å². The van der Waals surface area contributed by atoms with E-state index in [1.54, 1.807) is 30.1 Å². The monoisotopic (exact) mass is 313 g/mol. The summed E-state index contributed by atoms with van der Waals surface area (Å²) in [6.07, 6.45) is -1.09. The van der Waals surface area contributed by atoms with Crippen LogP contribution in [0.2, 0.25) is 0 Å². The van der Waals surface area contributed by atoms with Gasteiger partial charge in [-0.05, 0) is 11.6 Å². The molecule has 2 rings (SSSR count). The standard InChI is InChI=1S/C15H18F3N3O/c1-22-9-7-19-10-14-20-6-8-21(14)11-12-4-2-3-5-13(12)15(16,17)18/h2-6,8,19H,7,9-11H2,1H3. The number of methoxy groups -OCH3 is 1. The second-order valence-electron chi connectivity index (χ2n) is 4.80. The van der Waals surface area contributed by atoms with Crippen LogP contribution in [-0.4, -0.2) is 29.8 Å². The largest absolute Gasteiger partial charge is 0.416 e. The quantitative estimate of drug-likeness (QED) is 0.799. The van der Waals surface area contributed by atoms with Gasteiger partial charge in [0.05, 0.1) is 18.7 Å². The average molecular weight is 313 g/mol. The molecule has 0 aliphatic heterocycles. The van der Waals surface area contributed by atoms with Gasteiger partial charge in [-0.25, -0.2) is 4.98 Å². The van der Waals surface area contributed by atoms with Gasteiger partial charge in [0.2, 0.25) is 0 Å². The zero-order chi connectivity index (χ0) is 16.0. The maximum Gasteiger partial charge on any atom is 0.416 e. The Balaban J connectivity index is 2.10. The molecule has 0 spiro atoms. The van der Waals surface area contributed by atoms with E-state index < -0.39 is 11.7 Å². The van der Waals surface area contributed by atoms with Gasteiger partial charge in [0.15, 0.2) is 0 Å². The molecule has 7 heteroatoms. The first-order chi connectivity index (χ1) is 10.5.